The number of amides is 2. The van der Waals surface area contributed by atoms with Crippen molar-refractivity contribution in [2.75, 3.05) is 37.7 Å². The summed E-state index contributed by atoms with van der Waals surface area (Å²) in [7, 11) is -3.64. The largest absolute Gasteiger partial charge is 0.376 e. The second-order valence-electron chi connectivity index (χ2n) is 8.65. The Labute approximate surface area is 194 Å². The van der Waals surface area contributed by atoms with E-state index >= 15 is 0 Å². The van der Waals surface area contributed by atoms with E-state index in [-0.39, 0.29) is 41.0 Å². The number of ether oxygens (including phenoxy) is 1. The van der Waals surface area contributed by atoms with Gasteiger partial charge in [-0.2, -0.15) is 4.31 Å². The second kappa shape index (κ2) is 10.1. The lowest BCUT2D eigenvalue weighted by atomic mass is 10.2. The molecule has 2 amide bonds. The molecule has 8 nitrogen and oxygen atoms in total. The molecule has 0 radical (unpaired) electrons. The quantitative estimate of drug-likeness (QED) is 0.670. The number of sulfonamides is 1. The number of carbonyl (C=O) groups excluding carboxylic acids is 2. The lowest BCUT2D eigenvalue weighted by Gasteiger charge is -2.27. The van der Waals surface area contributed by atoms with Crippen LogP contribution in [0.2, 0.25) is 0 Å². The number of fused-ring (bicyclic) bond motifs is 1. The van der Waals surface area contributed by atoms with Crippen LogP contribution in [0.25, 0.3) is 0 Å². The molecular weight excluding hydrogens is 450 g/mol. The summed E-state index contributed by atoms with van der Waals surface area (Å²) in [6, 6.07) is 4.95. The Morgan fingerprint density at radius 3 is 2.72 bits per heavy atom. The van der Waals surface area contributed by atoms with E-state index in [2.05, 4.69) is 5.32 Å². The molecule has 3 aliphatic heterocycles. The predicted octanol–water partition coefficient (Wildman–Crippen LogP) is 2.37. The first kappa shape index (κ1) is 23.5. The zero-order chi connectivity index (χ0) is 22.7. The first-order valence-electron chi connectivity index (χ1n) is 11.3. The minimum atomic E-state index is -3.64. The van der Waals surface area contributed by atoms with E-state index < -0.39 is 10.0 Å². The van der Waals surface area contributed by atoms with Gasteiger partial charge >= 0.3 is 0 Å². The Hall–Kier alpha value is -1.62. The third kappa shape index (κ3) is 5.30. The Bertz CT molecular complexity index is 956. The highest BCUT2D eigenvalue weighted by Crippen LogP contribution is 2.39. The van der Waals surface area contributed by atoms with E-state index in [0.29, 0.717) is 31.9 Å². The van der Waals surface area contributed by atoms with Gasteiger partial charge < -0.3 is 15.0 Å². The monoisotopic (exact) mass is 481 g/mol. The molecule has 2 atom stereocenters. The normalized spacial score (nSPS) is 24.8. The third-order valence-electron chi connectivity index (χ3n) is 6.12. The average molecular weight is 482 g/mol. The number of nitrogens with zero attached hydrogens (tertiary/aromatic N) is 2. The van der Waals surface area contributed by atoms with Crippen molar-refractivity contribution in [3.63, 3.8) is 0 Å². The number of nitrogens with one attached hydrogen (secondary N) is 1. The Kier molecular flexibility index (Phi) is 7.44. The number of hydrogen-bond acceptors (Lipinski definition) is 6. The van der Waals surface area contributed by atoms with Gasteiger partial charge in [0.1, 0.15) is 6.54 Å². The van der Waals surface area contributed by atoms with Crippen LogP contribution >= 0.6 is 11.8 Å². The van der Waals surface area contributed by atoms with Crippen LogP contribution in [0, 0.1) is 0 Å². The average Bonchev–Trinajstić information content (AvgIpc) is 3.27. The molecule has 176 valence electrons. The van der Waals surface area contributed by atoms with Crippen molar-refractivity contribution in [2.24, 2.45) is 0 Å². The number of rotatable bonds is 6. The minimum Gasteiger partial charge on any atom is -0.376 e. The van der Waals surface area contributed by atoms with Crippen LogP contribution in [0.3, 0.4) is 0 Å². The van der Waals surface area contributed by atoms with E-state index in [9.17, 15) is 18.0 Å². The first-order valence-corrected chi connectivity index (χ1v) is 13.7. The molecule has 3 heterocycles. The molecule has 0 unspecified atom stereocenters. The third-order valence-corrected chi connectivity index (χ3v) is 9.18. The van der Waals surface area contributed by atoms with Gasteiger partial charge in [-0.05, 0) is 43.9 Å². The number of hydrogen-bond donors (Lipinski definition) is 1. The van der Waals surface area contributed by atoms with Gasteiger partial charge in [0.15, 0.2) is 0 Å². The fourth-order valence-corrected chi connectivity index (χ4v) is 7.01. The molecule has 1 N–H and O–H groups in total. The fraction of sp³-hybridized carbons (Fsp3) is 0.636. The molecular formula is C22H31N3O5S2. The zero-order valence-electron chi connectivity index (χ0n) is 18.4. The molecule has 0 bridgehead atoms. The van der Waals surface area contributed by atoms with E-state index in [4.69, 9.17) is 4.74 Å². The summed E-state index contributed by atoms with van der Waals surface area (Å²) in [6.07, 6.45) is 4.95. The standard InChI is InChI=1S/C22H31N3O5S2/c1-16-12-22(27)25(15-21(26)23-14-17-6-5-11-30-17)19-13-18(7-8-20(19)31-16)32(28,29)24-9-3-2-4-10-24/h7-8,13,16-17H,2-6,9-12,14-15H2,1H3,(H,23,26)/t16-,17-/m0/s1. The zero-order valence-corrected chi connectivity index (χ0v) is 20.1. The van der Waals surface area contributed by atoms with Gasteiger partial charge in [-0.3, -0.25) is 9.59 Å². The summed E-state index contributed by atoms with van der Waals surface area (Å²) >= 11 is 1.53. The Morgan fingerprint density at radius 1 is 1.22 bits per heavy atom. The van der Waals surface area contributed by atoms with Crippen LogP contribution in [0.4, 0.5) is 5.69 Å². The van der Waals surface area contributed by atoms with Crippen LogP contribution in [-0.2, 0) is 24.3 Å². The molecule has 4 rings (SSSR count). The van der Waals surface area contributed by atoms with Crippen LogP contribution in [0.15, 0.2) is 28.0 Å². The van der Waals surface area contributed by atoms with Gasteiger partial charge in [0.25, 0.3) is 0 Å². The summed E-state index contributed by atoms with van der Waals surface area (Å²) in [6.45, 7) is 3.98. The lowest BCUT2D eigenvalue weighted by molar-refractivity contribution is -0.124. The molecule has 10 heteroatoms. The van der Waals surface area contributed by atoms with Gasteiger partial charge in [-0.25, -0.2) is 8.42 Å². The first-order chi connectivity index (χ1) is 15.3. The van der Waals surface area contributed by atoms with Crippen molar-refractivity contribution in [1.82, 2.24) is 9.62 Å². The molecule has 3 aliphatic rings. The van der Waals surface area contributed by atoms with Crippen molar-refractivity contribution >= 4 is 39.3 Å². The molecule has 1 aromatic rings. The molecule has 1 aromatic carbocycles. The Balaban J connectivity index is 1.58. The summed E-state index contributed by atoms with van der Waals surface area (Å²) in [5, 5.41) is 2.89. The highest BCUT2D eigenvalue weighted by atomic mass is 32.2. The molecule has 0 aromatic heterocycles. The number of anilines is 1. The van der Waals surface area contributed by atoms with Crippen LogP contribution in [0.5, 0.6) is 0 Å². The molecule has 0 saturated carbocycles. The summed E-state index contributed by atoms with van der Waals surface area (Å²) in [5.74, 6) is -0.452. The predicted molar refractivity (Wildman–Crippen MR) is 123 cm³/mol. The highest BCUT2D eigenvalue weighted by molar-refractivity contribution is 8.00. The maximum Gasteiger partial charge on any atom is 0.243 e. The van der Waals surface area contributed by atoms with Gasteiger partial charge in [-0.1, -0.05) is 13.3 Å². The van der Waals surface area contributed by atoms with Crippen molar-refractivity contribution in [3.8, 4) is 0 Å². The lowest BCUT2D eigenvalue weighted by Crippen LogP contribution is -2.43. The van der Waals surface area contributed by atoms with Crippen molar-refractivity contribution in [3.05, 3.63) is 18.2 Å². The second-order valence-corrected chi connectivity index (χ2v) is 12.1. The fourth-order valence-electron chi connectivity index (χ4n) is 4.38. The van der Waals surface area contributed by atoms with Gasteiger partial charge in [-0.15, -0.1) is 11.8 Å². The van der Waals surface area contributed by atoms with E-state index in [1.165, 1.54) is 21.0 Å². The molecule has 0 aliphatic carbocycles. The number of carbonyl (C=O) groups is 2. The molecule has 32 heavy (non-hydrogen) atoms. The van der Waals surface area contributed by atoms with Gasteiger partial charge in [0, 0.05) is 42.8 Å². The highest BCUT2D eigenvalue weighted by Gasteiger charge is 2.32. The summed E-state index contributed by atoms with van der Waals surface area (Å²) in [4.78, 5) is 28.1. The maximum atomic E-state index is 13.2. The minimum absolute atomic E-state index is 0.0166. The Morgan fingerprint density at radius 2 is 2.00 bits per heavy atom. The van der Waals surface area contributed by atoms with Gasteiger partial charge in [0.2, 0.25) is 21.8 Å². The van der Waals surface area contributed by atoms with Crippen molar-refractivity contribution < 1.29 is 22.7 Å². The smallest absolute Gasteiger partial charge is 0.243 e. The SMILES string of the molecule is C[C@H]1CC(=O)N(CC(=O)NC[C@@H]2CCCO2)c2cc(S(=O)(=O)N3CCCCC3)ccc2S1. The molecule has 2 saturated heterocycles. The molecule has 0 spiro atoms. The van der Waals surface area contributed by atoms with Crippen LogP contribution < -0.4 is 10.2 Å². The maximum absolute atomic E-state index is 13.2. The van der Waals surface area contributed by atoms with Crippen molar-refractivity contribution in [1.29, 1.82) is 0 Å². The number of thioether (sulfide) groups is 1. The summed E-state index contributed by atoms with van der Waals surface area (Å²) in [5.41, 5.74) is 0.495. The van der Waals surface area contributed by atoms with Crippen LogP contribution in [-0.4, -0.2) is 68.7 Å². The van der Waals surface area contributed by atoms with Crippen LogP contribution in [0.1, 0.15) is 45.4 Å². The molecule has 2 fully saturated rings. The summed E-state index contributed by atoms with van der Waals surface area (Å²) < 4.78 is 33.5. The van der Waals surface area contributed by atoms with E-state index in [1.54, 1.807) is 18.2 Å². The number of piperidine rings is 1. The van der Waals surface area contributed by atoms with Crippen molar-refractivity contribution in [2.45, 2.75) is 66.6 Å². The van der Waals surface area contributed by atoms with E-state index in [1.807, 2.05) is 6.92 Å². The van der Waals surface area contributed by atoms with E-state index in [0.717, 1.165) is 37.0 Å². The van der Waals surface area contributed by atoms with Gasteiger partial charge in [0.05, 0.1) is 16.7 Å². The topological polar surface area (TPSA) is 96.0 Å². The number of benzene rings is 1.